The van der Waals surface area contributed by atoms with Gasteiger partial charge >= 0.3 is 0 Å². The Bertz CT molecular complexity index is 976. The molecule has 1 aromatic heterocycles. The van der Waals surface area contributed by atoms with E-state index in [-0.39, 0.29) is 34.7 Å². The van der Waals surface area contributed by atoms with E-state index in [1.165, 1.54) is 30.5 Å². The van der Waals surface area contributed by atoms with Crippen LogP contribution in [-0.4, -0.2) is 44.7 Å². The Hall–Kier alpha value is -2.14. The highest BCUT2D eigenvalue weighted by Crippen LogP contribution is 2.36. The van der Waals surface area contributed by atoms with Crippen molar-refractivity contribution in [2.75, 3.05) is 25.5 Å². The van der Waals surface area contributed by atoms with Crippen molar-refractivity contribution < 1.29 is 22.7 Å². The van der Waals surface area contributed by atoms with E-state index < -0.39 is 15.9 Å². The zero-order valence-corrected chi connectivity index (χ0v) is 16.6. The molecule has 0 atom stereocenters. The van der Waals surface area contributed by atoms with Crippen molar-refractivity contribution in [1.82, 2.24) is 9.62 Å². The number of anilines is 1. The molecule has 0 aliphatic carbocycles. The quantitative estimate of drug-likeness (QED) is 0.726. The molecule has 3 rings (SSSR count). The molecule has 27 heavy (non-hydrogen) atoms. The number of nitrogens with zero attached hydrogens (tertiary/aromatic N) is 1. The minimum atomic E-state index is -4.03. The smallest absolute Gasteiger partial charge is 0.262 e. The maximum Gasteiger partial charge on any atom is 0.262 e. The van der Waals surface area contributed by atoms with Crippen molar-refractivity contribution in [1.29, 1.82) is 0 Å². The number of hydrogen-bond acceptors (Lipinski definition) is 6. The fraction of sp³-hybridized carbons (Fsp3) is 0.250. The third kappa shape index (κ3) is 4.41. The lowest BCUT2D eigenvalue weighted by Crippen LogP contribution is -2.38. The van der Waals surface area contributed by atoms with E-state index >= 15 is 0 Å². The molecule has 8 nitrogen and oxygen atoms in total. The lowest BCUT2D eigenvalue weighted by molar-refractivity contribution is -0.121. The average molecular weight is 430 g/mol. The van der Waals surface area contributed by atoms with Crippen LogP contribution in [0.4, 0.5) is 5.69 Å². The van der Waals surface area contributed by atoms with Crippen molar-refractivity contribution in [3.05, 3.63) is 39.5 Å². The van der Waals surface area contributed by atoms with Gasteiger partial charge < -0.3 is 15.4 Å². The van der Waals surface area contributed by atoms with Gasteiger partial charge in [0.15, 0.2) is 6.61 Å². The van der Waals surface area contributed by atoms with Crippen LogP contribution >= 0.6 is 22.9 Å². The lowest BCUT2D eigenvalue weighted by Gasteiger charge is -2.22. The number of likely N-dealkylation sites (N-methyl/N-ethyl adjacent to an activating group) is 1. The molecule has 0 fully saturated rings. The first-order valence-electron chi connectivity index (χ1n) is 7.79. The van der Waals surface area contributed by atoms with Crippen LogP contribution in [0.15, 0.2) is 34.5 Å². The number of thiophene rings is 1. The van der Waals surface area contributed by atoms with Gasteiger partial charge in [0.1, 0.15) is 10.6 Å². The largest absolute Gasteiger partial charge is 0.482 e. The minimum Gasteiger partial charge on any atom is -0.482 e. The van der Waals surface area contributed by atoms with E-state index in [1.807, 2.05) is 17.5 Å². The number of fused-ring (bicyclic) bond motifs is 1. The number of hydrogen-bond donors (Lipinski definition) is 2. The topological polar surface area (TPSA) is 105 Å². The maximum absolute atomic E-state index is 12.8. The third-order valence-corrected chi connectivity index (χ3v) is 6.91. The number of amides is 2. The summed E-state index contributed by atoms with van der Waals surface area (Å²) in [6.07, 6.45) is 0. The summed E-state index contributed by atoms with van der Waals surface area (Å²) < 4.78 is 31.7. The summed E-state index contributed by atoms with van der Waals surface area (Å²) in [6, 6.07) is 6.29. The van der Waals surface area contributed by atoms with Gasteiger partial charge in [0, 0.05) is 18.0 Å². The van der Waals surface area contributed by atoms with Crippen molar-refractivity contribution in [3.8, 4) is 5.75 Å². The molecule has 0 saturated carbocycles. The molecular formula is C16H16ClN3O5S2. The average Bonchev–Trinajstić information content (AvgIpc) is 3.12. The Labute approximate surface area is 165 Å². The van der Waals surface area contributed by atoms with E-state index in [9.17, 15) is 18.0 Å². The molecule has 1 aliphatic heterocycles. The number of nitrogens with one attached hydrogen (secondary N) is 2. The molecule has 1 aromatic carbocycles. The first-order chi connectivity index (χ1) is 12.8. The monoisotopic (exact) mass is 429 g/mol. The number of rotatable bonds is 6. The second kappa shape index (κ2) is 7.85. The molecular weight excluding hydrogens is 414 g/mol. The summed E-state index contributed by atoms with van der Waals surface area (Å²) in [5, 5.41) is 7.03. The summed E-state index contributed by atoms with van der Waals surface area (Å²) in [4.78, 5) is 24.2. The van der Waals surface area contributed by atoms with Gasteiger partial charge in [-0.3, -0.25) is 9.59 Å². The van der Waals surface area contributed by atoms with Gasteiger partial charge in [0.05, 0.1) is 23.8 Å². The summed E-state index contributed by atoms with van der Waals surface area (Å²) in [7, 11) is -2.74. The van der Waals surface area contributed by atoms with Crippen LogP contribution < -0.4 is 15.4 Å². The zero-order valence-electron chi connectivity index (χ0n) is 14.2. The number of sulfonamides is 1. The van der Waals surface area contributed by atoms with Gasteiger partial charge in [-0.1, -0.05) is 17.7 Å². The Morgan fingerprint density at radius 1 is 1.44 bits per heavy atom. The molecule has 2 heterocycles. The minimum absolute atomic E-state index is 0.0783. The number of ether oxygens (including phenoxy) is 1. The van der Waals surface area contributed by atoms with Crippen molar-refractivity contribution in [2.24, 2.45) is 0 Å². The summed E-state index contributed by atoms with van der Waals surface area (Å²) in [5.41, 5.74) is 0.298. The van der Waals surface area contributed by atoms with Crippen LogP contribution in [0.2, 0.25) is 5.02 Å². The Morgan fingerprint density at radius 2 is 2.22 bits per heavy atom. The van der Waals surface area contributed by atoms with Crippen LogP contribution in [0.5, 0.6) is 5.75 Å². The van der Waals surface area contributed by atoms with Gasteiger partial charge in [0.2, 0.25) is 15.9 Å². The second-order valence-corrected chi connectivity index (χ2v) is 9.19. The normalized spacial score (nSPS) is 13.7. The van der Waals surface area contributed by atoms with Gasteiger partial charge in [-0.2, -0.15) is 4.31 Å². The highest BCUT2D eigenvalue weighted by Gasteiger charge is 2.28. The molecule has 0 bridgehead atoms. The van der Waals surface area contributed by atoms with Crippen LogP contribution in [0, 0.1) is 0 Å². The Kier molecular flexibility index (Phi) is 5.70. The second-order valence-electron chi connectivity index (χ2n) is 5.73. The molecule has 11 heteroatoms. The summed E-state index contributed by atoms with van der Waals surface area (Å²) in [6.45, 7) is -0.245. The molecule has 0 saturated heterocycles. The first kappa shape index (κ1) is 19.6. The molecule has 0 unspecified atom stereocenters. The van der Waals surface area contributed by atoms with Crippen LogP contribution in [0.1, 0.15) is 4.88 Å². The molecule has 2 N–H and O–H groups in total. The van der Waals surface area contributed by atoms with Crippen molar-refractivity contribution in [3.63, 3.8) is 0 Å². The summed E-state index contributed by atoms with van der Waals surface area (Å²) >= 11 is 7.58. The molecule has 144 valence electrons. The molecule has 2 amide bonds. The van der Waals surface area contributed by atoms with E-state index in [0.717, 1.165) is 9.18 Å². The third-order valence-electron chi connectivity index (χ3n) is 3.76. The molecule has 2 aromatic rings. The highest BCUT2D eigenvalue weighted by molar-refractivity contribution is 7.89. The fourth-order valence-electron chi connectivity index (χ4n) is 2.39. The zero-order chi connectivity index (χ0) is 19.6. The number of carbonyl (C=O) groups is 2. The number of carbonyl (C=O) groups excluding carboxylic acids is 2. The predicted molar refractivity (Wildman–Crippen MR) is 102 cm³/mol. The van der Waals surface area contributed by atoms with Gasteiger partial charge in [0.25, 0.3) is 5.91 Å². The summed E-state index contributed by atoms with van der Waals surface area (Å²) in [5.74, 6) is -0.589. The van der Waals surface area contributed by atoms with Gasteiger partial charge in [-0.15, -0.1) is 11.3 Å². The number of halogens is 1. The predicted octanol–water partition coefficient (Wildman–Crippen LogP) is 1.67. The van der Waals surface area contributed by atoms with E-state index in [0.29, 0.717) is 12.2 Å². The lowest BCUT2D eigenvalue weighted by atomic mass is 10.2. The van der Waals surface area contributed by atoms with Crippen molar-refractivity contribution >= 4 is 50.5 Å². The molecule has 1 aliphatic rings. The van der Waals surface area contributed by atoms with Crippen LogP contribution in [0.3, 0.4) is 0 Å². The highest BCUT2D eigenvalue weighted by atomic mass is 35.5. The fourth-order valence-corrected chi connectivity index (χ4v) is 4.67. The van der Waals surface area contributed by atoms with E-state index in [1.54, 1.807) is 0 Å². The van der Waals surface area contributed by atoms with Gasteiger partial charge in [-0.25, -0.2) is 8.42 Å². The SMILES string of the molecule is CN(CC(=O)NCc1cccs1)S(=O)(=O)c1cc2c(cc1Cl)NC(=O)CO2. The number of benzene rings is 1. The van der Waals surface area contributed by atoms with Gasteiger partial charge in [-0.05, 0) is 17.5 Å². The standard InChI is InChI=1S/C16H16ClN3O5S2/c1-20(8-15(21)18-7-10-3-2-4-26-10)27(23,24)14-6-13-12(5-11(14)17)19-16(22)9-25-13/h2-6H,7-9H2,1H3,(H,18,21)(H,19,22). The first-order valence-corrected chi connectivity index (χ1v) is 10.5. The molecule has 0 radical (unpaired) electrons. The Balaban J connectivity index is 1.73. The van der Waals surface area contributed by atoms with Crippen LogP contribution in [-0.2, 0) is 26.2 Å². The van der Waals surface area contributed by atoms with Crippen molar-refractivity contribution in [2.45, 2.75) is 11.4 Å². The maximum atomic E-state index is 12.8. The van der Waals surface area contributed by atoms with Crippen LogP contribution in [0.25, 0.3) is 0 Å². The Morgan fingerprint density at radius 3 is 2.93 bits per heavy atom. The van der Waals surface area contributed by atoms with E-state index in [2.05, 4.69) is 10.6 Å². The molecule has 0 spiro atoms. The van der Waals surface area contributed by atoms with E-state index in [4.69, 9.17) is 16.3 Å².